The lowest BCUT2D eigenvalue weighted by atomic mass is 9.92. The second kappa shape index (κ2) is 3.56. The first-order valence-electron chi connectivity index (χ1n) is 5.15. The molecule has 0 aliphatic heterocycles. The van der Waals surface area contributed by atoms with Crippen molar-refractivity contribution in [3.63, 3.8) is 0 Å². The summed E-state index contributed by atoms with van der Waals surface area (Å²) in [7, 11) is 0. The van der Waals surface area contributed by atoms with E-state index in [1.807, 2.05) is 0 Å². The molecule has 1 saturated carbocycles. The van der Waals surface area contributed by atoms with E-state index in [4.69, 9.17) is 4.74 Å². The SMILES string of the molecule is CCOC(=O)C1C(=O)C=C2CCCC21. The Morgan fingerprint density at radius 1 is 1.64 bits per heavy atom. The third-order valence-corrected chi connectivity index (χ3v) is 3.03. The van der Waals surface area contributed by atoms with Crippen LogP contribution in [0.25, 0.3) is 0 Å². The summed E-state index contributed by atoms with van der Waals surface area (Å²) in [5.74, 6) is -0.757. The first-order valence-corrected chi connectivity index (χ1v) is 5.15. The number of fused-ring (bicyclic) bond motifs is 1. The first kappa shape index (κ1) is 9.44. The van der Waals surface area contributed by atoms with E-state index >= 15 is 0 Å². The van der Waals surface area contributed by atoms with Gasteiger partial charge in [0.05, 0.1) is 6.61 Å². The van der Waals surface area contributed by atoms with Gasteiger partial charge in [0.1, 0.15) is 5.92 Å². The molecular weight excluding hydrogens is 180 g/mol. The van der Waals surface area contributed by atoms with Crippen molar-refractivity contribution in [3.05, 3.63) is 11.6 Å². The minimum atomic E-state index is -0.521. The van der Waals surface area contributed by atoms with Gasteiger partial charge in [-0.15, -0.1) is 0 Å². The molecular formula is C11H14O3. The number of hydrogen-bond donors (Lipinski definition) is 0. The number of carbonyl (C=O) groups is 2. The van der Waals surface area contributed by atoms with Gasteiger partial charge < -0.3 is 4.74 Å². The smallest absolute Gasteiger partial charge is 0.317 e. The van der Waals surface area contributed by atoms with Crippen molar-refractivity contribution in [1.82, 2.24) is 0 Å². The summed E-state index contributed by atoms with van der Waals surface area (Å²) in [4.78, 5) is 23.0. The number of ketones is 1. The molecule has 76 valence electrons. The van der Waals surface area contributed by atoms with Crippen LogP contribution in [-0.2, 0) is 14.3 Å². The highest BCUT2D eigenvalue weighted by Gasteiger charge is 2.43. The van der Waals surface area contributed by atoms with Crippen molar-refractivity contribution < 1.29 is 14.3 Å². The molecule has 0 amide bonds. The zero-order chi connectivity index (χ0) is 10.1. The standard InChI is InChI=1S/C11H14O3/c1-2-14-11(13)10-8-5-3-4-7(8)6-9(10)12/h6,8,10H,2-5H2,1H3. The van der Waals surface area contributed by atoms with Gasteiger partial charge in [0.15, 0.2) is 5.78 Å². The molecule has 3 heteroatoms. The van der Waals surface area contributed by atoms with Crippen molar-refractivity contribution in [2.45, 2.75) is 26.2 Å². The monoisotopic (exact) mass is 194 g/mol. The molecule has 0 aromatic heterocycles. The quantitative estimate of drug-likeness (QED) is 0.494. The number of hydrogen-bond acceptors (Lipinski definition) is 3. The largest absolute Gasteiger partial charge is 0.465 e. The molecule has 0 aromatic rings. The maximum atomic E-state index is 11.5. The van der Waals surface area contributed by atoms with Crippen LogP contribution in [-0.4, -0.2) is 18.4 Å². The summed E-state index contributed by atoms with van der Waals surface area (Å²) in [6.07, 6.45) is 4.69. The van der Waals surface area contributed by atoms with Gasteiger partial charge in [-0.2, -0.15) is 0 Å². The molecule has 0 N–H and O–H groups in total. The zero-order valence-electron chi connectivity index (χ0n) is 8.29. The molecule has 0 radical (unpaired) electrons. The average molecular weight is 194 g/mol. The number of allylic oxidation sites excluding steroid dienone is 2. The highest BCUT2D eigenvalue weighted by molar-refractivity contribution is 6.08. The Bertz CT molecular complexity index is 304. The van der Waals surface area contributed by atoms with E-state index in [0.717, 1.165) is 24.8 Å². The van der Waals surface area contributed by atoms with E-state index in [1.165, 1.54) is 0 Å². The van der Waals surface area contributed by atoms with Crippen molar-refractivity contribution in [1.29, 1.82) is 0 Å². The van der Waals surface area contributed by atoms with Gasteiger partial charge in [-0.1, -0.05) is 5.57 Å². The Labute approximate surface area is 83.1 Å². The average Bonchev–Trinajstić information content (AvgIpc) is 2.63. The van der Waals surface area contributed by atoms with E-state index in [9.17, 15) is 9.59 Å². The molecule has 0 aromatic carbocycles. The topological polar surface area (TPSA) is 43.4 Å². The van der Waals surface area contributed by atoms with Crippen LogP contribution >= 0.6 is 0 Å². The molecule has 14 heavy (non-hydrogen) atoms. The summed E-state index contributed by atoms with van der Waals surface area (Å²) >= 11 is 0. The zero-order valence-corrected chi connectivity index (χ0v) is 8.29. The third kappa shape index (κ3) is 1.37. The molecule has 2 aliphatic rings. The van der Waals surface area contributed by atoms with Gasteiger partial charge in [0.25, 0.3) is 0 Å². The molecule has 1 fully saturated rings. The maximum absolute atomic E-state index is 11.5. The van der Waals surface area contributed by atoms with Crippen LogP contribution in [0.4, 0.5) is 0 Å². The fourth-order valence-corrected chi connectivity index (χ4v) is 2.44. The van der Waals surface area contributed by atoms with Crippen molar-refractivity contribution in [2.24, 2.45) is 11.8 Å². The molecule has 0 bridgehead atoms. The van der Waals surface area contributed by atoms with Gasteiger partial charge in [-0.25, -0.2) is 0 Å². The fraction of sp³-hybridized carbons (Fsp3) is 0.636. The number of carbonyl (C=O) groups excluding carboxylic acids is 2. The highest BCUT2D eigenvalue weighted by Crippen LogP contribution is 2.42. The summed E-state index contributed by atoms with van der Waals surface area (Å²) in [5, 5.41) is 0. The maximum Gasteiger partial charge on any atom is 0.317 e. The molecule has 0 saturated heterocycles. The molecule has 0 heterocycles. The van der Waals surface area contributed by atoms with E-state index in [0.29, 0.717) is 6.61 Å². The first-order chi connectivity index (χ1) is 6.74. The Morgan fingerprint density at radius 2 is 2.43 bits per heavy atom. The van der Waals surface area contributed by atoms with Crippen LogP contribution in [0.15, 0.2) is 11.6 Å². The molecule has 3 nitrogen and oxygen atoms in total. The number of esters is 1. The van der Waals surface area contributed by atoms with Crippen LogP contribution < -0.4 is 0 Å². The van der Waals surface area contributed by atoms with Crippen molar-refractivity contribution in [2.75, 3.05) is 6.61 Å². The third-order valence-electron chi connectivity index (χ3n) is 3.03. The second-order valence-corrected chi connectivity index (χ2v) is 3.85. The van der Waals surface area contributed by atoms with E-state index in [-0.39, 0.29) is 17.7 Å². The lowest BCUT2D eigenvalue weighted by molar-refractivity contribution is -0.151. The lowest BCUT2D eigenvalue weighted by Gasteiger charge is -2.14. The van der Waals surface area contributed by atoms with Crippen molar-refractivity contribution >= 4 is 11.8 Å². The van der Waals surface area contributed by atoms with Crippen LogP contribution in [0, 0.1) is 11.8 Å². The Hall–Kier alpha value is -1.12. The van der Waals surface area contributed by atoms with E-state index in [1.54, 1.807) is 13.0 Å². The van der Waals surface area contributed by atoms with Crippen LogP contribution in [0.2, 0.25) is 0 Å². The van der Waals surface area contributed by atoms with Crippen LogP contribution in [0.1, 0.15) is 26.2 Å². The normalized spacial score (nSPS) is 30.1. The minimum Gasteiger partial charge on any atom is -0.465 e. The summed E-state index contributed by atoms with van der Waals surface area (Å²) < 4.78 is 4.91. The molecule has 2 atom stereocenters. The number of rotatable bonds is 2. The second-order valence-electron chi connectivity index (χ2n) is 3.85. The summed E-state index contributed by atoms with van der Waals surface area (Å²) in [6, 6.07) is 0. The molecule has 2 aliphatic carbocycles. The predicted molar refractivity (Wildman–Crippen MR) is 50.6 cm³/mol. The van der Waals surface area contributed by atoms with Gasteiger partial charge in [-0.3, -0.25) is 9.59 Å². The van der Waals surface area contributed by atoms with Crippen molar-refractivity contribution in [3.8, 4) is 0 Å². The highest BCUT2D eigenvalue weighted by atomic mass is 16.5. The molecule has 2 rings (SSSR count). The van der Waals surface area contributed by atoms with Gasteiger partial charge in [-0.05, 0) is 32.3 Å². The van der Waals surface area contributed by atoms with Gasteiger partial charge in [0.2, 0.25) is 0 Å². The number of ether oxygens (including phenoxy) is 1. The molecule has 0 spiro atoms. The summed E-state index contributed by atoms with van der Waals surface area (Å²) in [6.45, 7) is 2.12. The Balaban J connectivity index is 2.14. The van der Waals surface area contributed by atoms with Crippen LogP contribution in [0.3, 0.4) is 0 Å². The van der Waals surface area contributed by atoms with Gasteiger partial charge in [0, 0.05) is 5.92 Å². The lowest BCUT2D eigenvalue weighted by Crippen LogP contribution is -2.27. The Kier molecular flexibility index (Phi) is 2.40. The van der Waals surface area contributed by atoms with Crippen LogP contribution in [0.5, 0.6) is 0 Å². The minimum absolute atomic E-state index is 0.0526. The Morgan fingerprint density at radius 3 is 3.14 bits per heavy atom. The molecule has 2 unspecified atom stereocenters. The van der Waals surface area contributed by atoms with Gasteiger partial charge >= 0.3 is 5.97 Å². The summed E-state index contributed by atoms with van der Waals surface area (Å²) in [5.41, 5.74) is 1.16. The van der Waals surface area contributed by atoms with E-state index < -0.39 is 5.92 Å². The fourth-order valence-electron chi connectivity index (χ4n) is 2.44. The van der Waals surface area contributed by atoms with E-state index in [2.05, 4.69) is 0 Å². The predicted octanol–water partition coefficient (Wildman–Crippen LogP) is 1.47.